The fourth-order valence-corrected chi connectivity index (χ4v) is 3.66. The van der Waals surface area contributed by atoms with Crippen LogP contribution in [0.3, 0.4) is 0 Å². The fourth-order valence-electron chi connectivity index (χ4n) is 2.99. The molecule has 1 aliphatic heterocycles. The Balaban J connectivity index is 1.41. The highest BCUT2D eigenvalue weighted by atomic mass is 79.9. The summed E-state index contributed by atoms with van der Waals surface area (Å²) >= 11 is 4.82. The molecule has 0 aromatic carbocycles. The standard InChI is InChI=1S/C17H20BrN5O3S/c1-11-7-15(23-16(19-11)20-17(21-23)27-2)25-10-13-9-22(5-6-24-13)8-12-3-4-14(18)26-12/h3-4,7,13H,5-6,8-10H2,1-2H3. The summed E-state index contributed by atoms with van der Waals surface area (Å²) in [7, 11) is 0. The predicted octanol–water partition coefficient (Wildman–Crippen LogP) is 2.79. The lowest BCUT2D eigenvalue weighted by molar-refractivity contribution is -0.0527. The maximum atomic E-state index is 6.03. The number of thioether (sulfide) groups is 1. The monoisotopic (exact) mass is 453 g/mol. The van der Waals surface area contributed by atoms with E-state index in [1.807, 2.05) is 31.4 Å². The second-order valence-corrected chi connectivity index (χ2v) is 7.85. The summed E-state index contributed by atoms with van der Waals surface area (Å²) in [5.74, 6) is 2.10. The number of furan rings is 1. The summed E-state index contributed by atoms with van der Waals surface area (Å²) in [5.41, 5.74) is 0.840. The molecule has 144 valence electrons. The Labute approximate surface area is 169 Å². The zero-order chi connectivity index (χ0) is 18.8. The van der Waals surface area contributed by atoms with Gasteiger partial charge in [-0.25, -0.2) is 4.98 Å². The van der Waals surface area contributed by atoms with E-state index in [4.69, 9.17) is 13.9 Å². The van der Waals surface area contributed by atoms with E-state index in [9.17, 15) is 0 Å². The van der Waals surface area contributed by atoms with Crippen molar-refractivity contribution in [3.63, 3.8) is 0 Å². The van der Waals surface area contributed by atoms with Crippen LogP contribution in [0.25, 0.3) is 5.78 Å². The van der Waals surface area contributed by atoms with Gasteiger partial charge in [-0.1, -0.05) is 11.8 Å². The molecule has 1 saturated heterocycles. The van der Waals surface area contributed by atoms with Crippen molar-refractivity contribution in [1.29, 1.82) is 0 Å². The van der Waals surface area contributed by atoms with Gasteiger partial charge in [0.15, 0.2) is 4.67 Å². The quantitative estimate of drug-likeness (QED) is 0.527. The zero-order valence-corrected chi connectivity index (χ0v) is 17.5. The maximum absolute atomic E-state index is 6.03. The molecule has 0 spiro atoms. The molecule has 1 aliphatic rings. The Kier molecular flexibility index (Phi) is 5.67. The third-order valence-corrected chi connectivity index (χ3v) is 5.18. The second-order valence-electron chi connectivity index (χ2n) is 6.29. The molecule has 0 saturated carbocycles. The summed E-state index contributed by atoms with van der Waals surface area (Å²) in [6, 6.07) is 5.76. The minimum Gasteiger partial charge on any atom is -0.475 e. The minimum absolute atomic E-state index is 0.0239. The highest BCUT2D eigenvalue weighted by molar-refractivity contribution is 9.10. The summed E-state index contributed by atoms with van der Waals surface area (Å²) in [6.45, 7) is 5.42. The number of aromatic nitrogens is 4. The van der Waals surface area contributed by atoms with Gasteiger partial charge >= 0.3 is 0 Å². The highest BCUT2D eigenvalue weighted by Gasteiger charge is 2.23. The number of ether oxygens (including phenoxy) is 2. The van der Waals surface area contributed by atoms with Gasteiger partial charge < -0.3 is 13.9 Å². The Bertz CT molecular complexity index is 931. The SMILES string of the molecule is CSc1nc2nc(C)cc(OCC3CN(Cc4ccc(Br)o4)CCO3)n2n1. The van der Waals surface area contributed by atoms with Crippen LogP contribution < -0.4 is 4.74 Å². The number of morpholine rings is 1. The largest absolute Gasteiger partial charge is 0.475 e. The van der Waals surface area contributed by atoms with Crippen molar-refractivity contribution < 1.29 is 13.9 Å². The van der Waals surface area contributed by atoms with Crippen molar-refractivity contribution in [2.24, 2.45) is 0 Å². The maximum Gasteiger partial charge on any atom is 0.256 e. The van der Waals surface area contributed by atoms with Crippen molar-refractivity contribution in [2.75, 3.05) is 32.6 Å². The van der Waals surface area contributed by atoms with Gasteiger partial charge in [-0.15, -0.1) is 5.10 Å². The van der Waals surface area contributed by atoms with Crippen LogP contribution in [0.2, 0.25) is 0 Å². The van der Waals surface area contributed by atoms with Crippen LogP contribution in [-0.2, 0) is 11.3 Å². The smallest absolute Gasteiger partial charge is 0.256 e. The molecule has 27 heavy (non-hydrogen) atoms. The Morgan fingerprint density at radius 2 is 2.26 bits per heavy atom. The lowest BCUT2D eigenvalue weighted by Crippen LogP contribution is -2.44. The van der Waals surface area contributed by atoms with Crippen LogP contribution in [0.15, 0.2) is 32.4 Å². The normalized spacial score (nSPS) is 18.3. The predicted molar refractivity (Wildman–Crippen MR) is 104 cm³/mol. The van der Waals surface area contributed by atoms with Crippen molar-refractivity contribution in [3.05, 3.63) is 34.3 Å². The van der Waals surface area contributed by atoms with Gasteiger partial charge in [0.1, 0.15) is 18.5 Å². The first-order valence-electron chi connectivity index (χ1n) is 8.60. The third-order valence-electron chi connectivity index (χ3n) is 4.22. The molecule has 1 atom stereocenters. The molecule has 0 radical (unpaired) electrons. The molecule has 0 amide bonds. The van der Waals surface area contributed by atoms with Gasteiger partial charge in [-0.05, 0) is 41.2 Å². The second kappa shape index (κ2) is 8.17. The highest BCUT2D eigenvalue weighted by Crippen LogP contribution is 2.20. The van der Waals surface area contributed by atoms with Crippen molar-refractivity contribution in [2.45, 2.75) is 24.7 Å². The number of hydrogen-bond acceptors (Lipinski definition) is 8. The number of halogens is 1. The van der Waals surface area contributed by atoms with Gasteiger partial charge in [-0.2, -0.15) is 9.50 Å². The van der Waals surface area contributed by atoms with Crippen LogP contribution in [0, 0.1) is 6.92 Å². The van der Waals surface area contributed by atoms with Crippen LogP contribution >= 0.6 is 27.7 Å². The van der Waals surface area contributed by atoms with Crippen molar-refractivity contribution in [3.8, 4) is 5.88 Å². The summed E-state index contributed by atoms with van der Waals surface area (Å²) in [4.78, 5) is 11.1. The molecule has 3 aromatic rings. The molecular weight excluding hydrogens is 434 g/mol. The Morgan fingerprint density at radius 3 is 3.04 bits per heavy atom. The van der Waals surface area contributed by atoms with Crippen LogP contribution in [-0.4, -0.2) is 63.1 Å². The molecular formula is C17H20BrN5O3S. The summed E-state index contributed by atoms with van der Waals surface area (Å²) in [5, 5.41) is 5.09. The topological polar surface area (TPSA) is 77.9 Å². The molecule has 10 heteroatoms. The van der Waals surface area contributed by atoms with Crippen LogP contribution in [0.5, 0.6) is 5.88 Å². The molecule has 3 aromatic heterocycles. The first-order valence-corrected chi connectivity index (χ1v) is 10.6. The zero-order valence-electron chi connectivity index (χ0n) is 15.1. The first kappa shape index (κ1) is 18.7. The van der Waals surface area contributed by atoms with E-state index in [1.54, 1.807) is 4.52 Å². The van der Waals surface area contributed by atoms with E-state index in [0.717, 1.165) is 35.8 Å². The number of rotatable bonds is 6. The number of aryl methyl sites for hydroxylation is 1. The Morgan fingerprint density at radius 1 is 1.37 bits per heavy atom. The lowest BCUT2D eigenvalue weighted by atomic mass is 10.2. The van der Waals surface area contributed by atoms with E-state index < -0.39 is 0 Å². The molecule has 0 aliphatic carbocycles. The number of nitrogens with zero attached hydrogens (tertiary/aromatic N) is 5. The van der Waals surface area contributed by atoms with E-state index >= 15 is 0 Å². The average molecular weight is 454 g/mol. The summed E-state index contributed by atoms with van der Waals surface area (Å²) in [6.07, 6.45) is 1.91. The van der Waals surface area contributed by atoms with E-state index in [-0.39, 0.29) is 6.10 Å². The third kappa shape index (κ3) is 4.45. The van der Waals surface area contributed by atoms with Gasteiger partial charge in [0, 0.05) is 24.8 Å². The van der Waals surface area contributed by atoms with E-state index in [2.05, 4.69) is 35.9 Å². The number of fused-ring (bicyclic) bond motifs is 1. The van der Waals surface area contributed by atoms with Crippen molar-refractivity contribution >= 4 is 33.5 Å². The molecule has 0 N–H and O–H groups in total. The lowest BCUT2D eigenvalue weighted by Gasteiger charge is -2.32. The van der Waals surface area contributed by atoms with Gasteiger partial charge in [0.05, 0.1) is 13.2 Å². The Hall–Kier alpha value is -1.62. The van der Waals surface area contributed by atoms with Gasteiger partial charge in [0.25, 0.3) is 5.78 Å². The molecule has 8 nitrogen and oxygen atoms in total. The fraction of sp³-hybridized carbons (Fsp3) is 0.471. The van der Waals surface area contributed by atoms with Crippen molar-refractivity contribution in [1.82, 2.24) is 24.5 Å². The summed E-state index contributed by atoms with van der Waals surface area (Å²) < 4.78 is 19.9. The minimum atomic E-state index is -0.0239. The van der Waals surface area contributed by atoms with Crippen LogP contribution in [0.4, 0.5) is 0 Å². The van der Waals surface area contributed by atoms with Crippen LogP contribution in [0.1, 0.15) is 11.5 Å². The van der Waals surface area contributed by atoms with E-state index in [0.29, 0.717) is 30.0 Å². The number of hydrogen-bond donors (Lipinski definition) is 0. The molecule has 0 bridgehead atoms. The molecule has 1 fully saturated rings. The average Bonchev–Trinajstić information content (AvgIpc) is 3.25. The molecule has 4 heterocycles. The van der Waals surface area contributed by atoms with E-state index in [1.165, 1.54) is 11.8 Å². The molecule has 1 unspecified atom stereocenters. The molecule has 4 rings (SSSR count). The first-order chi connectivity index (χ1) is 13.1. The van der Waals surface area contributed by atoms with Gasteiger partial charge in [0.2, 0.25) is 11.0 Å². The van der Waals surface area contributed by atoms with Gasteiger partial charge in [-0.3, -0.25) is 4.90 Å².